The first kappa shape index (κ1) is 24.5. The molecule has 180 valence electrons. The van der Waals surface area contributed by atoms with E-state index in [1.54, 1.807) is 0 Å². The van der Waals surface area contributed by atoms with Gasteiger partial charge in [-0.15, -0.1) is 0 Å². The SMILES string of the molecule is COC(=O)CC1CCC2C3CC([Se]c4ccccc4)C(=O)C3(C)CCC2C1(C)CC(=O)OC. The molecular weight excluding hydrogens is 483 g/mol. The van der Waals surface area contributed by atoms with Crippen LogP contribution in [0.15, 0.2) is 30.3 Å². The average Bonchev–Trinajstić information content (AvgIpc) is 3.06. The van der Waals surface area contributed by atoms with Gasteiger partial charge in [0.2, 0.25) is 0 Å². The van der Waals surface area contributed by atoms with E-state index in [0.717, 1.165) is 32.1 Å². The number of fused-ring (bicyclic) bond motifs is 3. The molecule has 5 nitrogen and oxygen atoms in total. The summed E-state index contributed by atoms with van der Waals surface area (Å²) >= 11 is 0.144. The molecule has 1 aromatic rings. The molecule has 4 rings (SSSR count). The van der Waals surface area contributed by atoms with Gasteiger partial charge in [0, 0.05) is 0 Å². The van der Waals surface area contributed by atoms with E-state index in [-0.39, 0.29) is 48.5 Å². The van der Waals surface area contributed by atoms with Gasteiger partial charge in [-0.1, -0.05) is 0 Å². The fourth-order valence-corrected chi connectivity index (χ4v) is 10.1. The zero-order chi connectivity index (χ0) is 23.8. The molecule has 0 radical (unpaired) electrons. The van der Waals surface area contributed by atoms with Crippen molar-refractivity contribution in [3.8, 4) is 0 Å². The van der Waals surface area contributed by atoms with Gasteiger partial charge in [0.15, 0.2) is 0 Å². The predicted octanol–water partition coefficient (Wildman–Crippen LogP) is 3.97. The van der Waals surface area contributed by atoms with Gasteiger partial charge in [-0.3, -0.25) is 0 Å². The van der Waals surface area contributed by atoms with Gasteiger partial charge in [-0.25, -0.2) is 0 Å². The summed E-state index contributed by atoms with van der Waals surface area (Å²) in [5.41, 5.74) is -0.582. The minimum atomic E-state index is -0.322. The molecule has 7 unspecified atom stereocenters. The fraction of sp³-hybridized carbons (Fsp3) is 0.667. The molecule has 33 heavy (non-hydrogen) atoms. The number of ether oxygens (including phenoxy) is 2. The summed E-state index contributed by atoms with van der Waals surface area (Å²) < 4.78 is 11.4. The van der Waals surface area contributed by atoms with Crippen molar-refractivity contribution in [2.45, 2.75) is 63.6 Å². The Balaban J connectivity index is 1.60. The third-order valence-electron chi connectivity index (χ3n) is 9.19. The van der Waals surface area contributed by atoms with Crippen LogP contribution >= 0.6 is 0 Å². The second-order valence-electron chi connectivity index (χ2n) is 10.7. The van der Waals surface area contributed by atoms with Crippen molar-refractivity contribution in [1.29, 1.82) is 0 Å². The Kier molecular flexibility index (Phi) is 7.07. The Morgan fingerprint density at radius 1 is 1.00 bits per heavy atom. The number of esters is 2. The zero-order valence-electron chi connectivity index (χ0n) is 20.2. The summed E-state index contributed by atoms with van der Waals surface area (Å²) in [6, 6.07) is 10.4. The number of rotatable bonds is 6. The summed E-state index contributed by atoms with van der Waals surface area (Å²) in [5.74, 6) is 1.21. The number of carbonyl (C=O) groups is 3. The van der Waals surface area contributed by atoms with E-state index in [9.17, 15) is 14.4 Å². The first-order valence-electron chi connectivity index (χ1n) is 12.1. The molecule has 3 saturated carbocycles. The second kappa shape index (κ2) is 9.54. The van der Waals surface area contributed by atoms with E-state index in [0.29, 0.717) is 36.4 Å². The summed E-state index contributed by atoms with van der Waals surface area (Å²) in [5, 5.41) is 0. The first-order chi connectivity index (χ1) is 15.7. The molecule has 6 heteroatoms. The molecular formula is C27H36O5Se. The molecule has 0 heterocycles. The third-order valence-corrected chi connectivity index (χ3v) is 11.8. The molecule has 0 N–H and O–H groups in total. The van der Waals surface area contributed by atoms with Crippen molar-refractivity contribution in [2.24, 2.45) is 34.5 Å². The van der Waals surface area contributed by atoms with Crippen LogP contribution in [0.5, 0.6) is 0 Å². The number of Topliss-reactive ketones (excluding diaryl/α,β-unsaturated/α-hetero) is 1. The molecule has 0 aliphatic heterocycles. The monoisotopic (exact) mass is 520 g/mol. The quantitative estimate of drug-likeness (QED) is 0.420. The zero-order valence-corrected chi connectivity index (χ0v) is 21.9. The molecule has 1 aromatic carbocycles. The Morgan fingerprint density at radius 2 is 1.70 bits per heavy atom. The maximum absolute atomic E-state index is 13.7. The topological polar surface area (TPSA) is 69.7 Å². The van der Waals surface area contributed by atoms with Crippen molar-refractivity contribution >= 4 is 37.1 Å². The minimum absolute atomic E-state index is 0.0936. The van der Waals surface area contributed by atoms with Gasteiger partial charge in [0.25, 0.3) is 0 Å². The molecule has 3 fully saturated rings. The van der Waals surface area contributed by atoms with Crippen LogP contribution in [-0.2, 0) is 23.9 Å². The Bertz CT molecular complexity index is 901. The first-order valence-corrected chi connectivity index (χ1v) is 14.0. The van der Waals surface area contributed by atoms with Crippen molar-refractivity contribution in [3.63, 3.8) is 0 Å². The number of methoxy groups -OCH3 is 2. The van der Waals surface area contributed by atoms with Crippen LogP contribution in [0.25, 0.3) is 0 Å². The van der Waals surface area contributed by atoms with Crippen molar-refractivity contribution in [1.82, 2.24) is 0 Å². The van der Waals surface area contributed by atoms with Crippen molar-refractivity contribution in [2.75, 3.05) is 14.2 Å². The van der Waals surface area contributed by atoms with E-state index >= 15 is 0 Å². The van der Waals surface area contributed by atoms with Gasteiger partial charge >= 0.3 is 204 Å². The standard InChI is InChI=1S/C27H36O5Se/c1-26-13-12-20-19(21(26)15-22(25(26)30)33-18-8-6-5-7-9-18)11-10-17(14-23(28)31-3)27(20,2)16-24(29)32-4/h5-9,17,19-22H,10-16H2,1-4H3. The number of ketones is 1. The molecule has 3 aliphatic rings. The molecule has 7 atom stereocenters. The number of carbonyl (C=O) groups excluding carboxylic acids is 3. The van der Waals surface area contributed by atoms with Crippen LogP contribution < -0.4 is 4.46 Å². The van der Waals surface area contributed by atoms with Gasteiger partial charge in [-0.05, 0) is 0 Å². The van der Waals surface area contributed by atoms with Crippen LogP contribution in [-0.4, -0.2) is 46.9 Å². The second-order valence-corrected chi connectivity index (χ2v) is 13.3. The number of benzene rings is 1. The molecule has 0 amide bonds. The van der Waals surface area contributed by atoms with Crippen LogP contribution in [0, 0.1) is 34.5 Å². The van der Waals surface area contributed by atoms with Crippen molar-refractivity contribution < 1.29 is 23.9 Å². The summed E-state index contributed by atoms with van der Waals surface area (Å²) in [6.07, 6.45) is 5.33. The predicted molar refractivity (Wildman–Crippen MR) is 127 cm³/mol. The van der Waals surface area contributed by atoms with E-state index in [1.807, 2.05) is 6.07 Å². The van der Waals surface area contributed by atoms with Crippen LogP contribution in [0.4, 0.5) is 0 Å². The molecule has 0 aromatic heterocycles. The van der Waals surface area contributed by atoms with Gasteiger partial charge in [0.05, 0.1) is 0 Å². The molecule has 0 bridgehead atoms. The van der Waals surface area contributed by atoms with Crippen LogP contribution in [0.3, 0.4) is 0 Å². The van der Waals surface area contributed by atoms with Crippen molar-refractivity contribution in [3.05, 3.63) is 30.3 Å². The van der Waals surface area contributed by atoms with E-state index < -0.39 is 0 Å². The normalized spacial score (nSPS) is 37.7. The summed E-state index contributed by atoms with van der Waals surface area (Å²) in [4.78, 5) is 38.5. The Labute approximate surface area is 203 Å². The Hall–Kier alpha value is -1.65. The molecule has 0 spiro atoms. The van der Waals surface area contributed by atoms with Gasteiger partial charge < -0.3 is 0 Å². The van der Waals surface area contributed by atoms with E-state index in [4.69, 9.17) is 9.47 Å². The third kappa shape index (κ3) is 4.41. The molecule has 0 saturated heterocycles. The molecule has 3 aliphatic carbocycles. The maximum atomic E-state index is 13.7. The number of hydrogen-bond acceptors (Lipinski definition) is 5. The Morgan fingerprint density at radius 3 is 2.36 bits per heavy atom. The number of hydrogen-bond donors (Lipinski definition) is 0. The van der Waals surface area contributed by atoms with Gasteiger partial charge in [-0.2, -0.15) is 0 Å². The van der Waals surface area contributed by atoms with E-state index in [1.165, 1.54) is 18.7 Å². The van der Waals surface area contributed by atoms with E-state index in [2.05, 4.69) is 38.1 Å². The van der Waals surface area contributed by atoms with Gasteiger partial charge in [0.1, 0.15) is 0 Å². The van der Waals surface area contributed by atoms with Crippen LogP contribution in [0.1, 0.15) is 58.8 Å². The summed E-state index contributed by atoms with van der Waals surface area (Å²) in [7, 11) is 2.86. The fourth-order valence-electron chi connectivity index (χ4n) is 7.34. The summed E-state index contributed by atoms with van der Waals surface area (Å²) in [6.45, 7) is 4.38. The van der Waals surface area contributed by atoms with Crippen LogP contribution in [0.2, 0.25) is 4.82 Å². The average molecular weight is 520 g/mol.